The first-order chi connectivity index (χ1) is 17.1. The van der Waals surface area contributed by atoms with Crippen molar-refractivity contribution in [2.75, 3.05) is 18.6 Å². The van der Waals surface area contributed by atoms with Gasteiger partial charge in [-0.25, -0.2) is 4.79 Å². The number of rotatable bonds is 4. The van der Waals surface area contributed by atoms with Crippen molar-refractivity contribution in [2.24, 2.45) is 7.05 Å². The van der Waals surface area contributed by atoms with E-state index in [1.165, 1.54) is 9.13 Å². The summed E-state index contributed by atoms with van der Waals surface area (Å²) in [5.41, 5.74) is 2.02. The Morgan fingerprint density at radius 1 is 0.971 bits per heavy atom. The summed E-state index contributed by atoms with van der Waals surface area (Å²) in [7, 11) is 3.32. The lowest BCUT2D eigenvalue weighted by Crippen LogP contribution is -2.40. The first-order valence-corrected chi connectivity index (χ1v) is 11.6. The smallest absolute Gasteiger partial charge is 0.332 e. The van der Waals surface area contributed by atoms with Crippen molar-refractivity contribution >= 4 is 33.6 Å². The zero-order valence-electron chi connectivity index (χ0n) is 19.6. The second kappa shape index (κ2) is 8.16. The second-order valence-corrected chi connectivity index (χ2v) is 8.81. The summed E-state index contributed by atoms with van der Waals surface area (Å²) in [6, 6.07) is 21.7. The normalized spacial score (nSPS) is 13.4. The highest BCUT2D eigenvalue weighted by Crippen LogP contribution is 2.32. The predicted octanol–water partition coefficient (Wildman–Crippen LogP) is 3.65. The maximum Gasteiger partial charge on any atom is 0.332 e. The molecule has 8 heteroatoms. The van der Waals surface area contributed by atoms with Crippen LogP contribution >= 0.6 is 0 Å². The van der Waals surface area contributed by atoms with Crippen LogP contribution < -0.4 is 20.9 Å². The van der Waals surface area contributed by atoms with Crippen molar-refractivity contribution in [2.45, 2.75) is 19.5 Å². The maximum absolute atomic E-state index is 13.8. The van der Waals surface area contributed by atoms with Crippen LogP contribution in [-0.2, 0) is 20.1 Å². The monoisotopic (exact) mass is 467 g/mol. The molecule has 0 N–H and O–H groups in total. The van der Waals surface area contributed by atoms with Crippen LogP contribution in [0.2, 0.25) is 0 Å². The Labute approximate surface area is 201 Å². The number of hydrogen-bond acceptors (Lipinski definition) is 5. The highest BCUT2D eigenvalue weighted by molar-refractivity contribution is 5.85. The predicted molar refractivity (Wildman–Crippen MR) is 137 cm³/mol. The molecule has 3 heterocycles. The molecule has 0 spiro atoms. The van der Waals surface area contributed by atoms with E-state index in [2.05, 4.69) is 4.90 Å². The van der Waals surface area contributed by atoms with Gasteiger partial charge in [0.05, 0.1) is 13.7 Å². The van der Waals surface area contributed by atoms with Gasteiger partial charge in [0.15, 0.2) is 11.2 Å². The van der Waals surface area contributed by atoms with Crippen LogP contribution in [0.5, 0.6) is 5.75 Å². The summed E-state index contributed by atoms with van der Waals surface area (Å²) in [6.07, 6.45) is 0.848. The van der Waals surface area contributed by atoms with Gasteiger partial charge in [0.25, 0.3) is 5.56 Å². The molecule has 6 rings (SSSR count). The molecule has 0 bridgehead atoms. The lowest BCUT2D eigenvalue weighted by Gasteiger charge is -2.29. The number of aryl methyl sites for hydroxylation is 2. The molecule has 0 fully saturated rings. The maximum atomic E-state index is 13.8. The van der Waals surface area contributed by atoms with Crippen LogP contribution in [0.4, 0.5) is 11.6 Å². The van der Waals surface area contributed by atoms with E-state index in [1.807, 2.05) is 71.3 Å². The summed E-state index contributed by atoms with van der Waals surface area (Å²) in [6.45, 7) is 1.62. The number of nitrogens with zero attached hydrogens (tertiary/aromatic N) is 5. The fraction of sp³-hybridized carbons (Fsp3) is 0.222. The third kappa shape index (κ3) is 3.32. The third-order valence-corrected chi connectivity index (χ3v) is 6.79. The summed E-state index contributed by atoms with van der Waals surface area (Å²) < 4.78 is 10.1. The van der Waals surface area contributed by atoms with Crippen LogP contribution in [0.1, 0.15) is 12.0 Å². The van der Waals surface area contributed by atoms with Gasteiger partial charge in [0.1, 0.15) is 5.75 Å². The van der Waals surface area contributed by atoms with Gasteiger partial charge in [-0.1, -0.05) is 48.5 Å². The SMILES string of the molecule is COc1cccc(N2CCCn3c2nc2c3c(=O)n(Cc3cccc4ccccc34)c(=O)n2C)c1. The molecule has 0 radical (unpaired) electrons. The molecular formula is C27H25N5O3. The van der Waals surface area contributed by atoms with Gasteiger partial charge < -0.3 is 14.2 Å². The molecule has 0 aliphatic carbocycles. The summed E-state index contributed by atoms with van der Waals surface area (Å²) >= 11 is 0. The van der Waals surface area contributed by atoms with E-state index in [-0.39, 0.29) is 17.8 Å². The summed E-state index contributed by atoms with van der Waals surface area (Å²) in [4.78, 5) is 34.0. The van der Waals surface area contributed by atoms with Crippen LogP contribution in [0.3, 0.4) is 0 Å². The summed E-state index contributed by atoms with van der Waals surface area (Å²) in [5, 5.41) is 2.11. The van der Waals surface area contributed by atoms with Crippen LogP contribution in [0, 0.1) is 0 Å². The Morgan fingerprint density at radius 3 is 2.63 bits per heavy atom. The van der Waals surface area contributed by atoms with Crippen LogP contribution in [-0.4, -0.2) is 32.3 Å². The Kier molecular flexibility index (Phi) is 4.95. The minimum absolute atomic E-state index is 0.197. The van der Waals surface area contributed by atoms with E-state index in [4.69, 9.17) is 9.72 Å². The van der Waals surface area contributed by atoms with E-state index in [1.54, 1.807) is 14.2 Å². The molecule has 176 valence electrons. The molecule has 1 aliphatic rings. The second-order valence-electron chi connectivity index (χ2n) is 8.81. The molecule has 0 saturated carbocycles. The zero-order chi connectivity index (χ0) is 24.1. The fourth-order valence-corrected chi connectivity index (χ4v) is 5.03. The Balaban J connectivity index is 1.53. The van der Waals surface area contributed by atoms with Gasteiger partial charge in [0, 0.05) is 31.9 Å². The average molecular weight is 468 g/mol. The lowest BCUT2D eigenvalue weighted by atomic mass is 10.0. The topological polar surface area (TPSA) is 74.3 Å². The van der Waals surface area contributed by atoms with Gasteiger partial charge in [-0.15, -0.1) is 0 Å². The van der Waals surface area contributed by atoms with Gasteiger partial charge in [-0.3, -0.25) is 13.9 Å². The van der Waals surface area contributed by atoms with Crippen molar-refractivity contribution in [1.82, 2.24) is 18.7 Å². The molecule has 2 aromatic heterocycles. The molecule has 35 heavy (non-hydrogen) atoms. The third-order valence-electron chi connectivity index (χ3n) is 6.79. The van der Waals surface area contributed by atoms with Crippen LogP contribution in [0.15, 0.2) is 76.3 Å². The fourth-order valence-electron chi connectivity index (χ4n) is 5.03. The first kappa shape index (κ1) is 21.2. The van der Waals surface area contributed by atoms with E-state index >= 15 is 0 Å². The Hall–Kier alpha value is -4.33. The van der Waals surface area contributed by atoms with E-state index in [0.717, 1.165) is 40.7 Å². The van der Waals surface area contributed by atoms with Gasteiger partial charge in [-0.2, -0.15) is 4.98 Å². The van der Waals surface area contributed by atoms with Crippen molar-refractivity contribution in [1.29, 1.82) is 0 Å². The Morgan fingerprint density at radius 2 is 1.77 bits per heavy atom. The van der Waals surface area contributed by atoms with Crippen molar-refractivity contribution < 1.29 is 4.74 Å². The Bertz CT molecular complexity index is 1710. The molecule has 5 aromatic rings. The van der Waals surface area contributed by atoms with Crippen molar-refractivity contribution in [3.63, 3.8) is 0 Å². The minimum atomic E-state index is -0.376. The van der Waals surface area contributed by atoms with E-state index in [0.29, 0.717) is 23.7 Å². The number of fused-ring (bicyclic) bond motifs is 4. The van der Waals surface area contributed by atoms with Crippen LogP contribution in [0.25, 0.3) is 21.9 Å². The summed E-state index contributed by atoms with van der Waals surface area (Å²) in [5.74, 6) is 1.41. The number of anilines is 2. The van der Waals surface area contributed by atoms with Gasteiger partial charge in [-0.05, 0) is 34.9 Å². The van der Waals surface area contributed by atoms with E-state index in [9.17, 15) is 9.59 Å². The molecule has 0 saturated heterocycles. The molecule has 1 aliphatic heterocycles. The zero-order valence-corrected chi connectivity index (χ0v) is 19.6. The van der Waals surface area contributed by atoms with Gasteiger partial charge in [0.2, 0.25) is 5.95 Å². The molecule has 0 atom stereocenters. The van der Waals surface area contributed by atoms with Crippen molar-refractivity contribution in [3.05, 3.63) is 93.1 Å². The highest BCUT2D eigenvalue weighted by atomic mass is 16.5. The minimum Gasteiger partial charge on any atom is -0.497 e. The molecule has 0 unspecified atom stereocenters. The van der Waals surface area contributed by atoms with E-state index < -0.39 is 0 Å². The molecule has 8 nitrogen and oxygen atoms in total. The number of ether oxygens (including phenoxy) is 1. The largest absolute Gasteiger partial charge is 0.497 e. The highest BCUT2D eigenvalue weighted by Gasteiger charge is 2.27. The number of hydrogen-bond donors (Lipinski definition) is 0. The molecule has 3 aromatic carbocycles. The first-order valence-electron chi connectivity index (χ1n) is 11.6. The number of methoxy groups -OCH3 is 1. The standard InChI is InChI=1S/C27H25N5O3/c1-29-24-23(31-15-7-14-30(26(31)28-24)20-11-6-12-21(16-20)35-2)25(33)32(27(29)34)17-19-10-5-9-18-8-3-4-13-22(18)19/h3-6,8-13,16H,7,14-15,17H2,1-2H3. The molecule has 0 amide bonds. The van der Waals surface area contributed by atoms with Crippen molar-refractivity contribution in [3.8, 4) is 5.75 Å². The van der Waals surface area contributed by atoms with Gasteiger partial charge >= 0.3 is 5.69 Å². The number of benzene rings is 3. The average Bonchev–Trinajstić information content (AvgIpc) is 3.30. The number of imidazole rings is 1. The molecular weight excluding hydrogens is 442 g/mol. The number of aromatic nitrogens is 4. The quantitative estimate of drug-likeness (QED) is 0.403. The lowest BCUT2D eigenvalue weighted by molar-refractivity contribution is 0.415.